The van der Waals surface area contributed by atoms with Gasteiger partial charge in [0.1, 0.15) is 5.51 Å². The lowest BCUT2D eigenvalue weighted by atomic mass is 9.94. The Kier molecular flexibility index (Phi) is 6.60. The summed E-state index contributed by atoms with van der Waals surface area (Å²) in [5.74, 6) is 1.22. The second-order valence-electron chi connectivity index (χ2n) is 6.20. The highest BCUT2D eigenvalue weighted by Crippen LogP contribution is 2.29. The Labute approximate surface area is 150 Å². The largest absolute Gasteiger partial charge is 0.352 e. The number of hydrogen-bond acceptors (Lipinski definition) is 6. The number of amides is 1. The van der Waals surface area contributed by atoms with Crippen molar-refractivity contribution in [3.63, 3.8) is 0 Å². The Morgan fingerprint density at radius 2 is 2.12 bits per heavy atom. The number of hydrogen-bond donors (Lipinski definition) is 1. The van der Waals surface area contributed by atoms with E-state index in [9.17, 15) is 4.79 Å². The smallest absolute Gasteiger partial charge is 0.230 e. The summed E-state index contributed by atoms with van der Waals surface area (Å²) in [6, 6.07) is 4.26. The molecule has 128 valence electrons. The molecular formula is C17H22N4OS2. The van der Waals surface area contributed by atoms with Gasteiger partial charge in [-0.2, -0.15) is 0 Å². The van der Waals surface area contributed by atoms with E-state index in [-0.39, 0.29) is 11.9 Å². The van der Waals surface area contributed by atoms with Gasteiger partial charge in [0, 0.05) is 18.4 Å². The summed E-state index contributed by atoms with van der Waals surface area (Å²) in [7, 11) is 0. The van der Waals surface area contributed by atoms with Gasteiger partial charge in [0.15, 0.2) is 4.34 Å². The minimum atomic E-state index is 0.0762. The second kappa shape index (κ2) is 9.13. The Morgan fingerprint density at radius 3 is 2.83 bits per heavy atom. The van der Waals surface area contributed by atoms with Gasteiger partial charge >= 0.3 is 0 Å². The molecular weight excluding hydrogens is 340 g/mol. The third kappa shape index (κ3) is 5.56. The zero-order valence-electron chi connectivity index (χ0n) is 13.6. The van der Waals surface area contributed by atoms with E-state index in [1.54, 1.807) is 5.51 Å². The van der Waals surface area contributed by atoms with E-state index in [0.717, 1.165) is 23.1 Å². The molecule has 5 nitrogen and oxygen atoms in total. The van der Waals surface area contributed by atoms with Crippen molar-refractivity contribution >= 4 is 29.0 Å². The van der Waals surface area contributed by atoms with Crippen LogP contribution in [0.3, 0.4) is 0 Å². The summed E-state index contributed by atoms with van der Waals surface area (Å²) in [5.41, 5.74) is 2.91. The predicted molar refractivity (Wildman–Crippen MR) is 97.1 cm³/mol. The van der Waals surface area contributed by atoms with E-state index < -0.39 is 0 Å². The Hall–Kier alpha value is -1.47. The van der Waals surface area contributed by atoms with Gasteiger partial charge in [-0.05, 0) is 36.5 Å². The normalized spacial score (nSPS) is 16.2. The minimum absolute atomic E-state index is 0.0762. The number of nitrogens with one attached hydrogen (secondary N) is 1. The van der Waals surface area contributed by atoms with Crippen LogP contribution in [0.2, 0.25) is 0 Å². The van der Waals surface area contributed by atoms with Crippen LogP contribution in [0.25, 0.3) is 0 Å². The van der Waals surface area contributed by atoms with E-state index in [1.165, 1.54) is 54.3 Å². The fourth-order valence-electron chi connectivity index (χ4n) is 3.27. The summed E-state index contributed by atoms with van der Waals surface area (Å²) in [6.45, 7) is 0. The molecule has 1 saturated carbocycles. The van der Waals surface area contributed by atoms with Crippen LogP contribution < -0.4 is 5.32 Å². The van der Waals surface area contributed by atoms with Crippen molar-refractivity contribution in [2.75, 3.05) is 5.75 Å². The molecule has 1 amide bonds. The molecule has 2 aromatic heterocycles. The van der Waals surface area contributed by atoms with Gasteiger partial charge in [-0.15, -0.1) is 10.2 Å². The number of rotatable bonds is 8. The van der Waals surface area contributed by atoms with Crippen LogP contribution in [0.15, 0.2) is 34.4 Å². The van der Waals surface area contributed by atoms with Crippen molar-refractivity contribution in [3.05, 3.63) is 35.6 Å². The molecule has 1 atom stereocenters. The van der Waals surface area contributed by atoms with Gasteiger partial charge < -0.3 is 5.32 Å². The van der Waals surface area contributed by atoms with E-state index in [4.69, 9.17) is 0 Å². The summed E-state index contributed by atoms with van der Waals surface area (Å²) >= 11 is 2.92. The number of nitrogens with zero attached hydrogens (tertiary/aromatic N) is 3. The lowest BCUT2D eigenvalue weighted by Gasteiger charge is -2.22. The molecule has 1 unspecified atom stereocenters. The molecule has 0 bridgehead atoms. The first-order chi connectivity index (χ1) is 11.8. The SMILES string of the molecule is O=C(CSc1nncs1)NC(Cc1ccncc1)CC1CCCC1. The Morgan fingerprint density at radius 1 is 1.33 bits per heavy atom. The number of thioether (sulfide) groups is 1. The number of carbonyl (C=O) groups excluding carboxylic acids is 1. The van der Waals surface area contributed by atoms with E-state index in [0.29, 0.717) is 5.75 Å². The lowest BCUT2D eigenvalue weighted by Crippen LogP contribution is -2.38. The van der Waals surface area contributed by atoms with Gasteiger partial charge in [0.05, 0.1) is 5.75 Å². The van der Waals surface area contributed by atoms with Crippen molar-refractivity contribution in [2.45, 2.75) is 48.9 Å². The van der Waals surface area contributed by atoms with Gasteiger partial charge in [-0.25, -0.2) is 0 Å². The van der Waals surface area contributed by atoms with E-state index >= 15 is 0 Å². The highest BCUT2D eigenvalue weighted by atomic mass is 32.2. The molecule has 0 radical (unpaired) electrons. The van der Waals surface area contributed by atoms with Crippen LogP contribution in [0, 0.1) is 5.92 Å². The van der Waals surface area contributed by atoms with Crippen molar-refractivity contribution in [3.8, 4) is 0 Å². The molecule has 0 aliphatic heterocycles. The molecule has 1 aliphatic rings. The molecule has 0 aromatic carbocycles. The van der Waals surface area contributed by atoms with Crippen molar-refractivity contribution in [1.82, 2.24) is 20.5 Å². The highest BCUT2D eigenvalue weighted by molar-refractivity contribution is 8.01. The molecule has 1 fully saturated rings. The summed E-state index contributed by atoms with van der Waals surface area (Å²) in [4.78, 5) is 16.4. The topological polar surface area (TPSA) is 67.8 Å². The first kappa shape index (κ1) is 17.4. The van der Waals surface area contributed by atoms with Crippen molar-refractivity contribution in [1.29, 1.82) is 0 Å². The fraction of sp³-hybridized carbons (Fsp3) is 0.529. The van der Waals surface area contributed by atoms with E-state index in [2.05, 4.69) is 20.5 Å². The highest BCUT2D eigenvalue weighted by Gasteiger charge is 2.22. The Bertz CT molecular complexity index is 615. The van der Waals surface area contributed by atoms with Crippen LogP contribution in [-0.2, 0) is 11.2 Å². The summed E-state index contributed by atoms with van der Waals surface area (Å²) in [6.07, 6.45) is 10.8. The fourth-order valence-corrected chi connectivity index (χ4v) is 4.57. The lowest BCUT2D eigenvalue weighted by molar-refractivity contribution is -0.119. The zero-order chi connectivity index (χ0) is 16.6. The molecule has 3 rings (SSSR count). The molecule has 2 aromatic rings. The first-order valence-electron chi connectivity index (χ1n) is 8.37. The monoisotopic (exact) mass is 362 g/mol. The minimum Gasteiger partial charge on any atom is -0.352 e. The van der Waals surface area contributed by atoms with E-state index in [1.807, 2.05) is 24.5 Å². The van der Waals surface area contributed by atoms with Gasteiger partial charge in [0.2, 0.25) is 5.91 Å². The average molecular weight is 363 g/mol. The van der Waals surface area contributed by atoms with Crippen LogP contribution in [-0.4, -0.2) is 32.9 Å². The third-order valence-electron chi connectivity index (χ3n) is 4.36. The number of aromatic nitrogens is 3. The molecule has 0 spiro atoms. The van der Waals surface area contributed by atoms with Gasteiger partial charge in [0.25, 0.3) is 0 Å². The van der Waals surface area contributed by atoms with Gasteiger partial charge in [-0.3, -0.25) is 9.78 Å². The van der Waals surface area contributed by atoms with Crippen molar-refractivity contribution in [2.24, 2.45) is 5.92 Å². The molecule has 0 saturated heterocycles. The maximum absolute atomic E-state index is 12.3. The number of pyridine rings is 1. The zero-order valence-corrected chi connectivity index (χ0v) is 15.2. The molecule has 7 heteroatoms. The molecule has 1 aliphatic carbocycles. The van der Waals surface area contributed by atoms with Crippen LogP contribution in [0.1, 0.15) is 37.7 Å². The molecule has 1 N–H and O–H groups in total. The van der Waals surface area contributed by atoms with Crippen LogP contribution >= 0.6 is 23.1 Å². The first-order valence-corrected chi connectivity index (χ1v) is 10.2. The Balaban J connectivity index is 1.54. The maximum atomic E-state index is 12.3. The van der Waals surface area contributed by atoms with Crippen LogP contribution in [0.5, 0.6) is 0 Å². The quantitative estimate of drug-likeness (QED) is 0.730. The molecule has 24 heavy (non-hydrogen) atoms. The standard InChI is InChI=1S/C17H22N4OS2/c22-16(11-23-17-21-19-12-24-17)20-15(9-13-3-1-2-4-13)10-14-5-7-18-8-6-14/h5-8,12-13,15H,1-4,9-11H2,(H,20,22). The second-order valence-corrected chi connectivity index (χ2v) is 8.26. The summed E-state index contributed by atoms with van der Waals surface area (Å²) in [5, 5.41) is 11.0. The maximum Gasteiger partial charge on any atom is 0.230 e. The van der Waals surface area contributed by atoms with Crippen LogP contribution in [0.4, 0.5) is 0 Å². The van der Waals surface area contributed by atoms with Gasteiger partial charge in [-0.1, -0.05) is 48.8 Å². The average Bonchev–Trinajstić information content (AvgIpc) is 3.27. The predicted octanol–water partition coefficient (Wildman–Crippen LogP) is 3.33. The number of carbonyl (C=O) groups is 1. The van der Waals surface area contributed by atoms with Crippen molar-refractivity contribution < 1.29 is 4.79 Å². The molecule has 2 heterocycles. The summed E-state index contributed by atoms with van der Waals surface area (Å²) < 4.78 is 0.839. The third-order valence-corrected chi connectivity index (χ3v) is 6.22.